The van der Waals surface area contributed by atoms with E-state index in [1.807, 2.05) is 13.8 Å². The van der Waals surface area contributed by atoms with Crippen LogP contribution in [0.1, 0.15) is 25.5 Å². The van der Waals surface area contributed by atoms with E-state index in [1.165, 1.54) is 16.8 Å². The minimum atomic E-state index is -0.505. The first-order valence-electron chi connectivity index (χ1n) is 6.17. The highest BCUT2D eigenvalue weighted by Gasteiger charge is 2.21. The van der Waals surface area contributed by atoms with Crippen molar-refractivity contribution in [3.63, 3.8) is 0 Å². The van der Waals surface area contributed by atoms with Crippen molar-refractivity contribution in [2.45, 2.75) is 26.7 Å². The molecule has 0 amide bonds. The Morgan fingerprint density at radius 2 is 2.10 bits per heavy atom. The van der Waals surface area contributed by atoms with Crippen LogP contribution in [0.3, 0.4) is 0 Å². The number of nitrogen functional groups attached to an aromatic ring is 1. The van der Waals surface area contributed by atoms with Crippen molar-refractivity contribution in [3.8, 4) is 5.82 Å². The van der Waals surface area contributed by atoms with Gasteiger partial charge in [0.15, 0.2) is 5.82 Å². The molecule has 0 spiro atoms. The molecule has 0 aliphatic heterocycles. The summed E-state index contributed by atoms with van der Waals surface area (Å²) in [4.78, 5) is 19.1. The zero-order chi connectivity index (χ0) is 14.7. The third kappa shape index (κ3) is 2.43. The molecule has 0 saturated heterocycles. The Balaban J connectivity index is 2.66. The van der Waals surface area contributed by atoms with Crippen LogP contribution < -0.4 is 11.3 Å². The molecular weight excluding hydrogens is 262 g/mol. The van der Waals surface area contributed by atoms with Crippen molar-refractivity contribution < 1.29 is 4.92 Å². The van der Waals surface area contributed by atoms with Gasteiger partial charge in [-0.3, -0.25) is 10.1 Å². The van der Waals surface area contributed by atoms with E-state index in [4.69, 9.17) is 5.84 Å². The molecule has 0 saturated carbocycles. The van der Waals surface area contributed by atoms with E-state index in [1.54, 1.807) is 0 Å². The average molecular weight is 277 g/mol. The highest BCUT2D eigenvalue weighted by atomic mass is 16.6. The second-order valence-corrected chi connectivity index (χ2v) is 4.00. The zero-order valence-electron chi connectivity index (χ0n) is 11.2. The third-order valence-electron chi connectivity index (χ3n) is 2.75. The fourth-order valence-electron chi connectivity index (χ4n) is 1.76. The molecule has 0 atom stereocenters. The first-order valence-corrected chi connectivity index (χ1v) is 6.17. The largest absolute Gasteiger partial charge is 0.313 e. The smallest absolute Gasteiger partial charge is 0.308 e. The number of aryl methyl sites for hydroxylation is 2. The predicted octanol–water partition coefficient (Wildman–Crippen LogP) is 0.981. The molecule has 2 aromatic rings. The van der Waals surface area contributed by atoms with Crippen LogP contribution in [0.2, 0.25) is 0 Å². The highest BCUT2D eigenvalue weighted by Crippen LogP contribution is 2.23. The van der Waals surface area contributed by atoms with E-state index in [0.717, 1.165) is 0 Å². The summed E-state index contributed by atoms with van der Waals surface area (Å²) in [6, 6.07) is 2.77. The van der Waals surface area contributed by atoms with Gasteiger partial charge in [-0.05, 0) is 6.07 Å². The summed E-state index contributed by atoms with van der Waals surface area (Å²) in [5.41, 5.74) is 2.22. The number of hydrazine groups is 1. The molecule has 20 heavy (non-hydrogen) atoms. The maximum absolute atomic E-state index is 11.1. The number of aromatic nitrogens is 4. The molecule has 0 unspecified atom stereocenters. The van der Waals surface area contributed by atoms with Gasteiger partial charge in [-0.25, -0.2) is 15.8 Å². The molecule has 106 valence electrons. The van der Waals surface area contributed by atoms with Crippen molar-refractivity contribution in [2.75, 3.05) is 5.43 Å². The van der Waals surface area contributed by atoms with E-state index in [9.17, 15) is 10.1 Å². The van der Waals surface area contributed by atoms with Gasteiger partial charge in [-0.15, -0.1) is 5.10 Å². The van der Waals surface area contributed by atoms with Crippen LogP contribution in [0.25, 0.3) is 5.82 Å². The Labute approximate surface area is 115 Å². The van der Waals surface area contributed by atoms with Crippen LogP contribution in [0.15, 0.2) is 12.1 Å². The summed E-state index contributed by atoms with van der Waals surface area (Å²) in [7, 11) is 0. The number of nitrogens with two attached hydrogens (primary N) is 1. The average Bonchev–Trinajstić information content (AvgIpc) is 2.89. The summed E-state index contributed by atoms with van der Waals surface area (Å²) >= 11 is 0. The molecule has 0 radical (unpaired) electrons. The molecule has 9 nitrogen and oxygen atoms in total. The second kappa shape index (κ2) is 5.61. The van der Waals surface area contributed by atoms with Crippen molar-refractivity contribution in [1.29, 1.82) is 0 Å². The van der Waals surface area contributed by atoms with Gasteiger partial charge < -0.3 is 5.43 Å². The van der Waals surface area contributed by atoms with Crippen molar-refractivity contribution >= 4 is 11.5 Å². The number of rotatable bonds is 5. The lowest BCUT2D eigenvalue weighted by Crippen LogP contribution is -2.13. The summed E-state index contributed by atoms with van der Waals surface area (Å²) in [6.07, 6.45) is 1.23. The van der Waals surface area contributed by atoms with Crippen LogP contribution in [0, 0.1) is 10.1 Å². The standard InChI is InChI=1S/C11H15N7O2/c1-3-8-13-10(4-2)17(16-8)11-7(18(19)20)5-6-9(14-11)15-12/h5-6H,3-4,12H2,1-2H3,(H,14,15). The fraction of sp³-hybridized carbons (Fsp3) is 0.364. The van der Waals surface area contributed by atoms with Gasteiger partial charge >= 0.3 is 5.69 Å². The Morgan fingerprint density at radius 3 is 2.65 bits per heavy atom. The third-order valence-corrected chi connectivity index (χ3v) is 2.75. The van der Waals surface area contributed by atoms with Crippen LogP contribution in [0.5, 0.6) is 0 Å². The lowest BCUT2D eigenvalue weighted by molar-refractivity contribution is -0.384. The highest BCUT2D eigenvalue weighted by molar-refractivity contribution is 5.52. The first-order chi connectivity index (χ1) is 9.60. The number of nitrogens with zero attached hydrogens (tertiary/aromatic N) is 5. The van der Waals surface area contributed by atoms with Crippen LogP contribution >= 0.6 is 0 Å². The van der Waals surface area contributed by atoms with E-state index in [0.29, 0.717) is 30.3 Å². The molecule has 2 aromatic heterocycles. The molecule has 0 fully saturated rings. The van der Waals surface area contributed by atoms with Gasteiger partial charge in [0.25, 0.3) is 0 Å². The summed E-state index contributed by atoms with van der Waals surface area (Å²) < 4.78 is 1.40. The Morgan fingerprint density at radius 1 is 1.35 bits per heavy atom. The Kier molecular flexibility index (Phi) is 3.89. The SMILES string of the molecule is CCc1nc(CC)n(-c2nc(NN)ccc2[N+](=O)[O-])n1. The van der Waals surface area contributed by atoms with Crippen LogP contribution in [-0.2, 0) is 12.8 Å². The number of anilines is 1. The molecule has 0 aromatic carbocycles. The molecule has 3 N–H and O–H groups in total. The topological polar surface area (TPSA) is 125 Å². The Hall–Kier alpha value is -2.55. The molecule has 0 aliphatic rings. The summed E-state index contributed by atoms with van der Waals surface area (Å²) in [5, 5.41) is 15.4. The fourth-order valence-corrected chi connectivity index (χ4v) is 1.76. The van der Waals surface area contributed by atoms with Gasteiger partial charge in [0, 0.05) is 18.9 Å². The second-order valence-electron chi connectivity index (χ2n) is 4.00. The molecular formula is C11H15N7O2. The number of hydrogen-bond acceptors (Lipinski definition) is 7. The summed E-state index contributed by atoms with van der Waals surface area (Å²) in [5.74, 6) is 6.96. The summed E-state index contributed by atoms with van der Waals surface area (Å²) in [6.45, 7) is 3.82. The van der Waals surface area contributed by atoms with Crippen molar-refractivity contribution in [1.82, 2.24) is 19.7 Å². The van der Waals surface area contributed by atoms with Crippen molar-refractivity contribution in [2.24, 2.45) is 5.84 Å². The number of hydrogen-bond donors (Lipinski definition) is 2. The van der Waals surface area contributed by atoms with Gasteiger partial charge in [0.05, 0.1) is 4.92 Å². The molecule has 2 heterocycles. The van der Waals surface area contributed by atoms with E-state index < -0.39 is 4.92 Å². The lowest BCUT2D eigenvalue weighted by Gasteiger charge is -2.06. The first kappa shape index (κ1) is 13.9. The minimum Gasteiger partial charge on any atom is -0.308 e. The number of nitro groups is 1. The molecule has 0 bridgehead atoms. The van der Waals surface area contributed by atoms with Crippen LogP contribution in [-0.4, -0.2) is 24.7 Å². The number of nitrogens with one attached hydrogen (secondary N) is 1. The maximum Gasteiger partial charge on any atom is 0.313 e. The van der Waals surface area contributed by atoms with Gasteiger partial charge in [0.2, 0.25) is 5.82 Å². The van der Waals surface area contributed by atoms with E-state index >= 15 is 0 Å². The van der Waals surface area contributed by atoms with Gasteiger partial charge in [-0.2, -0.15) is 4.68 Å². The minimum absolute atomic E-state index is 0.106. The monoisotopic (exact) mass is 277 g/mol. The van der Waals surface area contributed by atoms with E-state index in [-0.39, 0.29) is 11.5 Å². The predicted molar refractivity (Wildman–Crippen MR) is 72.4 cm³/mol. The van der Waals surface area contributed by atoms with Gasteiger partial charge in [0.1, 0.15) is 11.6 Å². The van der Waals surface area contributed by atoms with Crippen molar-refractivity contribution in [3.05, 3.63) is 33.9 Å². The van der Waals surface area contributed by atoms with Crippen LogP contribution in [0.4, 0.5) is 11.5 Å². The molecule has 9 heteroatoms. The number of pyridine rings is 1. The molecule has 0 aliphatic carbocycles. The molecule has 2 rings (SSSR count). The maximum atomic E-state index is 11.1. The lowest BCUT2D eigenvalue weighted by atomic mass is 10.3. The Bertz CT molecular complexity index is 638. The normalized spacial score (nSPS) is 10.6. The quantitative estimate of drug-likeness (QED) is 0.474. The van der Waals surface area contributed by atoms with Gasteiger partial charge in [-0.1, -0.05) is 13.8 Å². The van der Waals surface area contributed by atoms with E-state index in [2.05, 4.69) is 20.5 Å². The zero-order valence-corrected chi connectivity index (χ0v) is 11.2.